The molecule has 0 fully saturated rings. The quantitative estimate of drug-likeness (QED) is 0.702. The van der Waals surface area contributed by atoms with Gasteiger partial charge in [-0.25, -0.2) is 0 Å². The molecule has 0 bridgehead atoms. The second kappa shape index (κ2) is 4.27. The topological polar surface area (TPSA) is 18.5 Å². The number of benzene rings is 1. The Bertz CT molecular complexity index is 307. The SMILES string of the molecule is [B]OC(C)(C)C(C)(C)Oc1ccccc1. The highest BCUT2D eigenvalue weighted by Crippen LogP contribution is 2.29. The van der Waals surface area contributed by atoms with Crippen LogP contribution in [0.4, 0.5) is 0 Å². The zero-order valence-electron chi connectivity index (χ0n) is 9.78. The van der Waals surface area contributed by atoms with Crippen LogP contribution in [0.15, 0.2) is 30.3 Å². The third-order valence-electron chi connectivity index (χ3n) is 2.86. The van der Waals surface area contributed by atoms with Crippen molar-refractivity contribution in [2.75, 3.05) is 0 Å². The van der Waals surface area contributed by atoms with E-state index >= 15 is 0 Å². The minimum atomic E-state index is -0.553. The average molecular weight is 204 g/mol. The van der Waals surface area contributed by atoms with Gasteiger partial charge in [0.05, 0.1) is 5.60 Å². The Morgan fingerprint density at radius 2 is 1.47 bits per heavy atom. The van der Waals surface area contributed by atoms with Crippen molar-refractivity contribution in [2.24, 2.45) is 0 Å². The number of rotatable bonds is 4. The minimum Gasteiger partial charge on any atom is -0.485 e. The van der Waals surface area contributed by atoms with Crippen molar-refractivity contribution in [2.45, 2.75) is 38.9 Å². The van der Waals surface area contributed by atoms with Crippen molar-refractivity contribution < 1.29 is 9.39 Å². The molecule has 1 aromatic carbocycles. The summed E-state index contributed by atoms with van der Waals surface area (Å²) in [5.41, 5.74) is -1.05. The summed E-state index contributed by atoms with van der Waals surface area (Å²) in [6, 6.07) is 9.64. The van der Waals surface area contributed by atoms with Crippen molar-refractivity contribution in [1.82, 2.24) is 0 Å². The highest BCUT2D eigenvalue weighted by molar-refractivity contribution is 5.98. The molecule has 0 saturated carbocycles. The molecular weight excluding hydrogens is 187 g/mol. The standard InChI is InChI=1S/C12H17BO2/c1-11(2,12(3,4)15-13)14-10-8-6-5-7-9-10/h5-9H,1-4H3. The second-order valence-electron chi connectivity index (χ2n) is 4.55. The lowest BCUT2D eigenvalue weighted by atomic mass is 9.88. The van der Waals surface area contributed by atoms with E-state index in [1.165, 1.54) is 0 Å². The number of ether oxygens (including phenoxy) is 1. The Morgan fingerprint density at radius 1 is 0.933 bits per heavy atom. The fraction of sp³-hybridized carbons (Fsp3) is 0.500. The molecule has 0 N–H and O–H groups in total. The molecule has 0 amide bonds. The summed E-state index contributed by atoms with van der Waals surface area (Å²) in [6.45, 7) is 7.70. The monoisotopic (exact) mass is 204 g/mol. The smallest absolute Gasteiger partial charge is 0.283 e. The summed E-state index contributed by atoms with van der Waals surface area (Å²) in [6.07, 6.45) is 0. The molecule has 0 saturated heterocycles. The summed E-state index contributed by atoms with van der Waals surface area (Å²) in [5, 5.41) is 0. The summed E-state index contributed by atoms with van der Waals surface area (Å²) in [5.74, 6) is 0.813. The average Bonchev–Trinajstić information content (AvgIpc) is 2.18. The van der Waals surface area contributed by atoms with Gasteiger partial charge < -0.3 is 9.39 Å². The predicted molar refractivity (Wildman–Crippen MR) is 62.1 cm³/mol. The van der Waals surface area contributed by atoms with E-state index in [0.717, 1.165) is 5.75 Å². The van der Waals surface area contributed by atoms with Crippen LogP contribution in [0, 0.1) is 0 Å². The van der Waals surface area contributed by atoms with E-state index in [1.54, 1.807) is 0 Å². The molecule has 0 aromatic heterocycles. The molecule has 3 heteroatoms. The maximum absolute atomic E-state index is 5.85. The predicted octanol–water partition coefficient (Wildman–Crippen LogP) is 2.72. The molecule has 0 spiro atoms. The first-order valence-electron chi connectivity index (χ1n) is 5.01. The van der Waals surface area contributed by atoms with Gasteiger partial charge in [0.15, 0.2) is 0 Å². The van der Waals surface area contributed by atoms with Crippen LogP contribution in [0.3, 0.4) is 0 Å². The number of para-hydroxylation sites is 1. The van der Waals surface area contributed by atoms with Crippen LogP contribution in [0.2, 0.25) is 0 Å². The fourth-order valence-electron chi connectivity index (χ4n) is 1.05. The molecule has 0 aliphatic rings. The Hall–Kier alpha value is -0.955. The Balaban J connectivity index is 2.81. The summed E-state index contributed by atoms with van der Waals surface area (Å²) in [7, 11) is 5.27. The largest absolute Gasteiger partial charge is 0.485 e. The third-order valence-corrected chi connectivity index (χ3v) is 2.86. The zero-order valence-corrected chi connectivity index (χ0v) is 9.78. The minimum absolute atomic E-state index is 0.497. The normalized spacial score (nSPS) is 12.5. The van der Waals surface area contributed by atoms with Gasteiger partial charge in [-0.2, -0.15) is 0 Å². The van der Waals surface area contributed by atoms with E-state index in [4.69, 9.17) is 17.4 Å². The zero-order chi connectivity index (χ0) is 11.5. The van der Waals surface area contributed by atoms with Gasteiger partial charge in [-0.05, 0) is 39.8 Å². The first-order chi connectivity index (χ1) is 6.89. The van der Waals surface area contributed by atoms with Gasteiger partial charge in [0.1, 0.15) is 11.4 Å². The molecule has 2 radical (unpaired) electrons. The van der Waals surface area contributed by atoms with Crippen LogP contribution in [0.1, 0.15) is 27.7 Å². The molecule has 0 unspecified atom stereocenters. The molecule has 0 atom stereocenters. The van der Waals surface area contributed by atoms with E-state index in [9.17, 15) is 0 Å². The molecular formula is C12H17BO2. The fourth-order valence-corrected chi connectivity index (χ4v) is 1.05. The van der Waals surface area contributed by atoms with E-state index in [2.05, 4.69) is 0 Å². The molecule has 2 nitrogen and oxygen atoms in total. The second-order valence-corrected chi connectivity index (χ2v) is 4.55. The van der Waals surface area contributed by atoms with Crippen molar-refractivity contribution >= 4 is 8.05 Å². The van der Waals surface area contributed by atoms with Gasteiger partial charge in [0, 0.05) is 0 Å². The van der Waals surface area contributed by atoms with Gasteiger partial charge >= 0.3 is 0 Å². The maximum atomic E-state index is 5.85. The first-order valence-corrected chi connectivity index (χ1v) is 5.01. The van der Waals surface area contributed by atoms with E-state index in [-0.39, 0.29) is 0 Å². The van der Waals surface area contributed by atoms with Crippen LogP contribution < -0.4 is 4.74 Å². The molecule has 80 valence electrons. The molecule has 0 aliphatic heterocycles. The summed E-state index contributed by atoms with van der Waals surface area (Å²) in [4.78, 5) is 0. The van der Waals surface area contributed by atoms with Crippen molar-refractivity contribution in [1.29, 1.82) is 0 Å². The van der Waals surface area contributed by atoms with Crippen LogP contribution in [-0.2, 0) is 4.65 Å². The molecule has 0 heterocycles. The molecule has 1 aromatic rings. The lowest BCUT2D eigenvalue weighted by molar-refractivity contribution is -0.0697. The lowest BCUT2D eigenvalue weighted by Gasteiger charge is -2.41. The van der Waals surface area contributed by atoms with E-state index in [1.807, 2.05) is 58.0 Å². The number of hydrogen-bond acceptors (Lipinski definition) is 2. The third kappa shape index (κ3) is 2.75. The lowest BCUT2D eigenvalue weighted by Crippen LogP contribution is -2.51. The van der Waals surface area contributed by atoms with Crippen LogP contribution in [-0.4, -0.2) is 19.3 Å². The van der Waals surface area contributed by atoms with Gasteiger partial charge in [-0.3, -0.25) is 0 Å². The van der Waals surface area contributed by atoms with Crippen molar-refractivity contribution in [3.8, 4) is 5.75 Å². The van der Waals surface area contributed by atoms with Gasteiger partial charge in [0.25, 0.3) is 8.05 Å². The van der Waals surface area contributed by atoms with Crippen molar-refractivity contribution in [3.63, 3.8) is 0 Å². The van der Waals surface area contributed by atoms with Crippen LogP contribution in [0.25, 0.3) is 0 Å². The van der Waals surface area contributed by atoms with Gasteiger partial charge in [0.2, 0.25) is 0 Å². The molecule has 15 heavy (non-hydrogen) atoms. The van der Waals surface area contributed by atoms with Crippen LogP contribution in [0.5, 0.6) is 5.75 Å². The Kier molecular flexibility index (Phi) is 3.45. The molecule has 0 aliphatic carbocycles. The van der Waals surface area contributed by atoms with Gasteiger partial charge in [-0.15, -0.1) is 0 Å². The Morgan fingerprint density at radius 3 is 1.93 bits per heavy atom. The van der Waals surface area contributed by atoms with E-state index in [0.29, 0.717) is 0 Å². The van der Waals surface area contributed by atoms with Gasteiger partial charge in [-0.1, -0.05) is 18.2 Å². The summed E-state index contributed by atoms with van der Waals surface area (Å²) < 4.78 is 10.8. The first kappa shape index (κ1) is 12.1. The maximum Gasteiger partial charge on any atom is 0.283 e. The highest BCUT2D eigenvalue weighted by atomic mass is 16.5. The highest BCUT2D eigenvalue weighted by Gasteiger charge is 2.38. The molecule has 1 rings (SSSR count). The Labute approximate surface area is 93.0 Å². The number of hydrogen-bond donors (Lipinski definition) is 0. The van der Waals surface area contributed by atoms with Crippen LogP contribution >= 0.6 is 0 Å². The summed E-state index contributed by atoms with van der Waals surface area (Å²) >= 11 is 0. The van der Waals surface area contributed by atoms with Crippen molar-refractivity contribution in [3.05, 3.63) is 30.3 Å². The van der Waals surface area contributed by atoms with E-state index < -0.39 is 11.2 Å².